The highest BCUT2D eigenvalue weighted by Crippen LogP contribution is 2.31. The molecule has 0 saturated heterocycles. The van der Waals surface area contributed by atoms with E-state index in [4.69, 9.17) is 10.2 Å². The van der Waals surface area contributed by atoms with Crippen LogP contribution in [0.2, 0.25) is 0 Å². The molecule has 0 aliphatic carbocycles. The molecular weight excluding hydrogens is 271 g/mol. The van der Waals surface area contributed by atoms with Gasteiger partial charge < -0.3 is 10.2 Å². The minimum Gasteiger partial charge on any atom is -0.454 e. The van der Waals surface area contributed by atoms with Crippen LogP contribution in [0.15, 0.2) is 40.8 Å². The SMILES string of the molecule is Nc1cc(-c2cc3ccccc3o2)nc(C(F)(F)F)n1. The molecule has 0 fully saturated rings. The van der Waals surface area contributed by atoms with Gasteiger partial charge in [0, 0.05) is 11.5 Å². The lowest BCUT2D eigenvalue weighted by atomic mass is 10.2. The summed E-state index contributed by atoms with van der Waals surface area (Å²) in [6.07, 6.45) is -4.66. The van der Waals surface area contributed by atoms with Crippen LogP contribution in [0.25, 0.3) is 22.4 Å². The van der Waals surface area contributed by atoms with E-state index >= 15 is 0 Å². The quantitative estimate of drug-likeness (QED) is 0.740. The van der Waals surface area contributed by atoms with Gasteiger partial charge in [-0.25, -0.2) is 9.97 Å². The van der Waals surface area contributed by atoms with Gasteiger partial charge in [-0.3, -0.25) is 0 Å². The Morgan fingerprint density at radius 3 is 2.50 bits per heavy atom. The molecule has 0 aliphatic rings. The van der Waals surface area contributed by atoms with Crippen LogP contribution < -0.4 is 5.73 Å². The topological polar surface area (TPSA) is 64.9 Å². The number of furan rings is 1. The van der Waals surface area contributed by atoms with Gasteiger partial charge in [0.1, 0.15) is 17.1 Å². The van der Waals surface area contributed by atoms with Crippen molar-refractivity contribution in [3.63, 3.8) is 0 Å². The number of para-hydroxylation sites is 1. The van der Waals surface area contributed by atoms with Gasteiger partial charge in [-0.2, -0.15) is 13.2 Å². The van der Waals surface area contributed by atoms with Gasteiger partial charge in [0.15, 0.2) is 5.76 Å². The molecule has 2 aromatic heterocycles. The van der Waals surface area contributed by atoms with E-state index in [2.05, 4.69) is 9.97 Å². The number of hydrogen-bond acceptors (Lipinski definition) is 4. The van der Waals surface area contributed by atoms with Crippen molar-refractivity contribution in [3.05, 3.63) is 42.2 Å². The minimum atomic E-state index is -4.66. The van der Waals surface area contributed by atoms with E-state index in [0.717, 1.165) is 5.39 Å². The average molecular weight is 279 g/mol. The number of halogens is 3. The van der Waals surface area contributed by atoms with E-state index < -0.39 is 12.0 Å². The molecule has 102 valence electrons. The summed E-state index contributed by atoms with van der Waals surface area (Å²) in [5.74, 6) is -1.33. The molecule has 3 aromatic rings. The van der Waals surface area contributed by atoms with Crippen LogP contribution in [0, 0.1) is 0 Å². The maximum atomic E-state index is 12.7. The van der Waals surface area contributed by atoms with Crippen LogP contribution in [0.4, 0.5) is 19.0 Å². The van der Waals surface area contributed by atoms with Crippen LogP contribution in [0.3, 0.4) is 0 Å². The van der Waals surface area contributed by atoms with Crippen LogP contribution in [-0.4, -0.2) is 9.97 Å². The van der Waals surface area contributed by atoms with E-state index in [9.17, 15) is 13.2 Å². The third-order valence-electron chi connectivity index (χ3n) is 2.68. The van der Waals surface area contributed by atoms with Crippen molar-refractivity contribution in [2.45, 2.75) is 6.18 Å². The Hall–Kier alpha value is -2.57. The second kappa shape index (κ2) is 4.22. The van der Waals surface area contributed by atoms with Crippen molar-refractivity contribution in [2.24, 2.45) is 0 Å². The molecule has 7 heteroatoms. The number of rotatable bonds is 1. The second-order valence-electron chi connectivity index (χ2n) is 4.15. The van der Waals surface area contributed by atoms with Gasteiger partial charge >= 0.3 is 6.18 Å². The van der Waals surface area contributed by atoms with Gasteiger partial charge in [-0.15, -0.1) is 0 Å². The zero-order valence-corrected chi connectivity index (χ0v) is 9.98. The summed E-state index contributed by atoms with van der Waals surface area (Å²) < 4.78 is 43.4. The van der Waals surface area contributed by atoms with E-state index in [-0.39, 0.29) is 17.3 Å². The van der Waals surface area contributed by atoms with E-state index in [1.165, 1.54) is 6.07 Å². The number of nitrogens with zero attached hydrogens (tertiary/aromatic N) is 2. The predicted molar refractivity (Wildman–Crippen MR) is 66.7 cm³/mol. The van der Waals surface area contributed by atoms with E-state index in [1.807, 2.05) is 0 Å². The lowest BCUT2D eigenvalue weighted by Crippen LogP contribution is -2.12. The number of fused-ring (bicyclic) bond motifs is 1. The largest absolute Gasteiger partial charge is 0.454 e. The maximum Gasteiger partial charge on any atom is 0.451 e. The number of hydrogen-bond donors (Lipinski definition) is 1. The van der Waals surface area contributed by atoms with Gasteiger partial charge in [0.05, 0.1) is 0 Å². The highest BCUT2D eigenvalue weighted by molar-refractivity contribution is 5.82. The molecule has 20 heavy (non-hydrogen) atoms. The molecule has 0 aliphatic heterocycles. The molecule has 2 heterocycles. The first-order valence-corrected chi connectivity index (χ1v) is 5.64. The summed E-state index contributed by atoms with van der Waals surface area (Å²) in [6.45, 7) is 0. The normalized spacial score (nSPS) is 11.9. The first-order chi connectivity index (χ1) is 9.43. The first kappa shape index (κ1) is 12.5. The zero-order valence-electron chi connectivity index (χ0n) is 9.98. The summed E-state index contributed by atoms with van der Waals surface area (Å²) >= 11 is 0. The number of nitrogens with two attached hydrogens (primary N) is 1. The van der Waals surface area contributed by atoms with Crippen molar-refractivity contribution < 1.29 is 17.6 Å². The van der Waals surface area contributed by atoms with Gasteiger partial charge in [-0.05, 0) is 12.1 Å². The Balaban J connectivity index is 2.16. The predicted octanol–water partition coefficient (Wildman–Crippen LogP) is 3.49. The van der Waals surface area contributed by atoms with Crippen molar-refractivity contribution >= 4 is 16.8 Å². The minimum absolute atomic E-state index is 0.000949. The Morgan fingerprint density at radius 1 is 1.05 bits per heavy atom. The van der Waals surface area contributed by atoms with E-state index in [1.54, 1.807) is 30.3 Å². The van der Waals surface area contributed by atoms with Crippen LogP contribution >= 0.6 is 0 Å². The number of nitrogen functional groups attached to an aromatic ring is 1. The highest BCUT2D eigenvalue weighted by atomic mass is 19.4. The smallest absolute Gasteiger partial charge is 0.451 e. The fourth-order valence-electron chi connectivity index (χ4n) is 1.83. The van der Waals surface area contributed by atoms with Crippen molar-refractivity contribution in [1.82, 2.24) is 9.97 Å². The number of alkyl halides is 3. The van der Waals surface area contributed by atoms with Gasteiger partial charge in [-0.1, -0.05) is 18.2 Å². The van der Waals surface area contributed by atoms with Gasteiger partial charge in [0.25, 0.3) is 0 Å². The first-order valence-electron chi connectivity index (χ1n) is 5.64. The highest BCUT2D eigenvalue weighted by Gasteiger charge is 2.35. The van der Waals surface area contributed by atoms with Crippen LogP contribution in [-0.2, 0) is 6.18 Å². The molecule has 0 spiro atoms. The molecule has 0 amide bonds. The average Bonchev–Trinajstić information content (AvgIpc) is 2.80. The number of anilines is 1. The Kier molecular flexibility index (Phi) is 2.63. The lowest BCUT2D eigenvalue weighted by molar-refractivity contribution is -0.144. The number of benzene rings is 1. The van der Waals surface area contributed by atoms with Crippen LogP contribution in [0.1, 0.15) is 5.82 Å². The Bertz CT molecular complexity index is 747. The molecule has 0 atom stereocenters. The van der Waals surface area contributed by atoms with Crippen molar-refractivity contribution in [2.75, 3.05) is 5.73 Å². The molecule has 4 nitrogen and oxygen atoms in total. The molecule has 0 saturated carbocycles. The molecule has 0 unspecified atom stereocenters. The molecule has 0 radical (unpaired) electrons. The summed E-state index contributed by atoms with van der Waals surface area (Å²) in [7, 11) is 0. The summed E-state index contributed by atoms with van der Waals surface area (Å²) in [6, 6.07) is 9.93. The van der Waals surface area contributed by atoms with Gasteiger partial charge in [0.2, 0.25) is 5.82 Å². The molecule has 3 rings (SSSR count). The molecular formula is C13H8F3N3O. The second-order valence-corrected chi connectivity index (χ2v) is 4.15. The van der Waals surface area contributed by atoms with Crippen molar-refractivity contribution in [1.29, 1.82) is 0 Å². The maximum absolute atomic E-state index is 12.7. The fourth-order valence-corrected chi connectivity index (χ4v) is 1.83. The summed E-state index contributed by atoms with van der Waals surface area (Å²) in [5.41, 5.74) is 5.96. The van der Waals surface area contributed by atoms with E-state index in [0.29, 0.717) is 5.58 Å². The third kappa shape index (κ3) is 2.18. The molecule has 2 N–H and O–H groups in total. The zero-order chi connectivity index (χ0) is 14.3. The summed E-state index contributed by atoms with van der Waals surface area (Å²) in [4.78, 5) is 6.65. The fraction of sp³-hybridized carbons (Fsp3) is 0.0769. The standard InChI is InChI=1S/C13H8F3N3O/c14-13(15,16)12-18-8(6-11(17)19-12)10-5-7-3-1-2-4-9(7)20-10/h1-6H,(H2,17,18,19). The Morgan fingerprint density at radius 2 is 1.80 bits per heavy atom. The van der Waals surface area contributed by atoms with Crippen LogP contribution in [0.5, 0.6) is 0 Å². The monoisotopic (exact) mass is 279 g/mol. The van der Waals surface area contributed by atoms with Crippen molar-refractivity contribution in [3.8, 4) is 11.5 Å². The lowest BCUT2D eigenvalue weighted by Gasteiger charge is -2.06. The Labute approximate surface area is 111 Å². The summed E-state index contributed by atoms with van der Waals surface area (Å²) in [5, 5.41) is 0.772. The third-order valence-corrected chi connectivity index (χ3v) is 2.68. The number of aromatic nitrogens is 2. The molecule has 0 bridgehead atoms. The molecule has 1 aromatic carbocycles.